The van der Waals surface area contributed by atoms with Gasteiger partial charge in [-0.25, -0.2) is 0 Å². The maximum atomic E-state index is 11.9. The van der Waals surface area contributed by atoms with Crippen molar-refractivity contribution in [3.63, 3.8) is 0 Å². The molecule has 1 atom stereocenters. The van der Waals surface area contributed by atoms with Crippen LogP contribution in [0.4, 0.5) is 0 Å². The van der Waals surface area contributed by atoms with E-state index >= 15 is 0 Å². The summed E-state index contributed by atoms with van der Waals surface area (Å²) in [5.74, 6) is 0.396. The molecule has 3 heteroatoms. The van der Waals surface area contributed by atoms with Crippen molar-refractivity contribution in [3.8, 4) is 0 Å². The monoisotopic (exact) mass is 207 g/mol. The van der Waals surface area contributed by atoms with Gasteiger partial charge in [0.1, 0.15) is 0 Å². The molecular formula is C12H17NO2. The number of Topliss-reactive ketones (excluding diaryl/α,β-unsaturated/α-hetero) is 1. The van der Waals surface area contributed by atoms with Crippen LogP contribution in [0.1, 0.15) is 29.3 Å². The number of aryl methyl sites for hydroxylation is 1. The summed E-state index contributed by atoms with van der Waals surface area (Å²) in [5.41, 5.74) is 1.71. The van der Waals surface area contributed by atoms with Gasteiger partial charge in [0.15, 0.2) is 5.78 Å². The van der Waals surface area contributed by atoms with E-state index in [0.717, 1.165) is 11.1 Å². The summed E-state index contributed by atoms with van der Waals surface area (Å²) in [6.45, 7) is 4.55. The molecule has 0 fully saturated rings. The molecule has 0 aliphatic rings. The van der Waals surface area contributed by atoms with Crippen LogP contribution in [0.5, 0.6) is 0 Å². The molecule has 0 bridgehead atoms. The van der Waals surface area contributed by atoms with Crippen molar-refractivity contribution >= 4 is 5.78 Å². The van der Waals surface area contributed by atoms with Crippen molar-refractivity contribution in [1.29, 1.82) is 0 Å². The van der Waals surface area contributed by atoms with E-state index in [1.54, 1.807) is 19.5 Å². The number of methoxy groups -OCH3 is 1. The first kappa shape index (κ1) is 11.9. The van der Waals surface area contributed by atoms with Crippen LogP contribution in [0, 0.1) is 12.8 Å². The Morgan fingerprint density at radius 2 is 2.33 bits per heavy atom. The van der Waals surface area contributed by atoms with Gasteiger partial charge in [-0.05, 0) is 24.5 Å². The fourth-order valence-corrected chi connectivity index (χ4v) is 1.53. The smallest absolute Gasteiger partial charge is 0.165 e. The number of carbonyl (C=O) groups is 1. The minimum absolute atomic E-state index is 0.144. The number of aromatic nitrogens is 1. The molecule has 1 aromatic heterocycles. The van der Waals surface area contributed by atoms with Crippen LogP contribution in [-0.2, 0) is 4.74 Å². The van der Waals surface area contributed by atoms with Crippen molar-refractivity contribution in [3.05, 3.63) is 29.6 Å². The van der Waals surface area contributed by atoms with Gasteiger partial charge in [-0.1, -0.05) is 6.92 Å². The molecule has 0 amide bonds. The number of ketones is 1. The molecule has 0 spiro atoms. The van der Waals surface area contributed by atoms with Gasteiger partial charge in [-0.15, -0.1) is 0 Å². The third kappa shape index (κ3) is 3.44. The third-order valence-electron chi connectivity index (χ3n) is 2.32. The summed E-state index contributed by atoms with van der Waals surface area (Å²) in [5, 5.41) is 0. The molecule has 0 aromatic carbocycles. The number of rotatable bonds is 5. The zero-order valence-electron chi connectivity index (χ0n) is 9.49. The van der Waals surface area contributed by atoms with E-state index in [2.05, 4.69) is 4.98 Å². The lowest BCUT2D eigenvalue weighted by Gasteiger charge is -2.09. The van der Waals surface area contributed by atoms with Crippen LogP contribution < -0.4 is 0 Å². The summed E-state index contributed by atoms with van der Waals surface area (Å²) < 4.78 is 5.00. The summed E-state index contributed by atoms with van der Waals surface area (Å²) >= 11 is 0. The van der Waals surface area contributed by atoms with Crippen molar-refractivity contribution in [2.45, 2.75) is 20.3 Å². The lowest BCUT2D eigenvalue weighted by Crippen LogP contribution is -2.11. The second-order valence-corrected chi connectivity index (χ2v) is 3.88. The third-order valence-corrected chi connectivity index (χ3v) is 2.32. The van der Waals surface area contributed by atoms with Crippen molar-refractivity contribution < 1.29 is 9.53 Å². The number of pyridine rings is 1. The van der Waals surface area contributed by atoms with E-state index in [-0.39, 0.29) is 11.7 Å². The summed E-state index contributed by atoms with van der Waals surface area (Å²) in [7, 11) is 1.65. The van der Waals surface area contributed by atoms with Crippen molar-refractivity contribution in [1.82, 2.24) is 4.98 Å². The lowest BCUT2D eigenvalue weighted by molar-refractivity contribution is 0.0919. The second-order valence-electron chi connectivity index (χ2n) is 3.88. The molecule has 0 saturated heterocycles. The highest BCUT2D eigenvalue weighted by Crippen LogP contribution is 2.12. The van der Waals surface area contributed by atoms with Crippen LogP contribution in [-0.4, -0.2) is 24.5 Å². The van der Waals surface area contributed by atoms with Gasteiger partial charge in [0, 0.05) is 38.1 Å². The SMILES string of the molecule is COCC(C)CC(=O)c1cnccc1C. The summed E-state index contributed by atoms with van der Waals surface area (Å²) in [6.07, 6.45) is 3.85. The Morgan fingerprint density at radius 3 is 2.93 bits per heavy atom. The summed E-state index contributed by atoms with van der Waals surface area (Å²) in [6, 6.07) is 1.86. The van der Waals surface area contributed by atoms with E-state index in [9.17, 15) is 4.79 Å². The normalized spacial score (nSPS) is 12.5. The zero-order chi connectivity index (χ0) is 11.3. The van der Waals surface area contributed by atoms with E-state index in [1.165, 1.54) is 0 Å². The number of hydrogen-bond donors (Lipinski definition) is 0. The predicted molar refractivity (Wildman–Crippen MR) is 59.0 cm³/mol. The van der Waals surface area contributed by atoms with Crippen LogP contribution >= 0.6 is 0 Å². The molecule has 1 rings (SSSR count). The van der Waals surface area contributed by atoms with Crippen molar-refractivity contribution in [2.24, 2.45) is 5.92 Å². The molecule has 3 nitrogen and oxygen atoms in total. The predicted octanol–water partition coefficient (Wildman–Crippen LogP) is 2.25. The Hall–Kier alpha value is -1.22. The average Bonchev–Trinajstić information content (AvgIpc) is 2.18. The van der Waals surface area contributed by atoms with E-state index in [1.807, 2.05) is 19.9 Å². The molecule has 1 aromatic rings. The zero-order valence-corrected chi connectivity index (χ0v) is 9.49. The Labute approximate surface area is 90.5 Å². The maximum Gasteiger partial charge on any atom is 0.165 e. The topological polar surface area (TPSA) is 39.2 Å². The fourth-order valence-electron chi connectivity index (χ4n) is 1.53. The lowest BCUT2D eigenvalue weighted by atomic mass is 9.99. The van der Waals surface area contributed by atoms with Crippen LogP contribution in [0.3, 0.4) is 0 Å². The fraction of sp³-hybridized carbons (Fsp3) is 0.500. The van der Waals surface area contributed by atoms with Crippen molar-refractivity contribution in [2.75, 3.05) is 13.7 Å². The standard InChI is InChI=1S/C12H17NO2/c1-9(8-15-3)6-12(14)11-7-13-5-4-10(11)2/h4-5,7,9H,6,8H2,1-3H3. The van der Waals surface area contributed by atoms with E-state index in [0.29, 0.717) is 13.0 Å². The highest BCUT2D eigenvalue weighted by atomic mass is 16.5. The Bertz CT molecular complexity index is 336. The molecule has 1 unspecified atom stereocenters. The molecule has 1 heterocycles. The second kappa shape index (κ2) is 5.61. The molecule has 0 aliphatic carbocycles. The first-order valence-electron chi connectivity index (χ1n) is 5.08. The Morgan fingerprint density at radius 1 is 1.60 bits per heavy atom. The van der Waals surface area contributed by atoms with Gasteiger partial charge in [0.25, 0.3) is 0 Å². The van der Waals surface area contributed by atoms with E-state index in [4.69, 9.17) is 4.74 Å². The molecule has 0 saturated carbocycles. The molecule has 15 heavy (non-hydrogen) atoms. The largest absolute Gasteiger partial charge is 0.384 e. The van der Waals surface area contributed by atoms with Crippen LogP contribution in [0.2, 0.25) is 0 Å². The Kier molecular flexibility index (Phi) is 4.43. The quantitative estimate of drug-likeness (QED) is 0.695. The van der Waals surface area contributed by atoms with Gasteiger partial charge >= 0.3 is 0 Å². The van der Waals surface area contributed by atoms with Gasteiger partial charge < -0.3 is 4.74 Å². The minimum Gasteiger partial charge on any atom is -0.384 e. The number of hydrogen-bond acceptors (Lipinski definition) is 3. The number of ether oxygens (including phenoxy) is 1. The van der Waals surface area contributed by atoms with Gasteiger partial charge in [0.05, 0.1) is 0 Å². The molecule has 82 valence electrons. The molecule has 0 N–H and O–H groups in total. The summed E-state index contributed by atoms with van der Waals surface area (Å²) in [4.78, 5) is 15.8. The minimum atomic E-state index is 0.144. The van der Waals surface area contributed by atoms with Gasteiger partial charge in [-0.3, -0.25) is 9.78 Å². The highest BCUT2D eigenvalue weighted by Gasteiger charge is 2.13. The maximum absolute atomic E-state index is 11.9. The first-order valence-corrected chi connectivity index (χ1v) is 5.08. The van der Waals surface area contributed by atoms with Crippen LogP contribution in [0.25, 0.3) is 0 Å². The first-order chi connectivity index (χ1) is 7.15. The van der Waals surface area contributed by atoms with E-state index < -0.39 is 0 Å². The average molecular weight is 207 g/mol. The molecular weight excluding hydrogens is 190 g/mol. The van der Waals surface area contributed by atoms with Gasteiger partial charge in [-0.2, -0.15) is 0 Å². The Balaban J connectivity index is 2.65. The molecule has 0 aliphatic heterocycles. The van der Waals surface area contributed by atoms with Gasteiger partial charge in [0.2, 0.25) is 0 Å². The number of carbonyl (C=O) groups excluding carboxylic acids is 1. The number of nitrogens with zero attached hydrogens (tertiary/aromatic N) is 1. The van der Waals surface area contributed by atoms with Crippen LogP contribution in [0.15, 0.2) is 18.5 Å². The highest BCUT2D eigenvalue weighted by molar-refractivity contribution is 5.97. The molecule has 0 radical (unpaired) electrons.